The zero-order valence-electron chi connectivity index (χ0n) is 16.3. The van der Waals surface area contributed by atoms with Crippen molar-refractivity contribution in [3.63, 3.8) is 0 Å². The van der Waals surface area contributed by atoms with E-state index in [-0.39, 0.29) is 17.7 Å². The van der Waals surface area contributed by atoms with Crippen molar-refractivity contribution in [3.05, 3.63) is 104 Å². The second-order valence-corrected chi connectivity index (χ2v) is 9.16. The SMILES string of the molecule is O=C1S/C(=C\c2ccc(OCc3ccc(Br)cc3)cc2)C(=O)N1Cc1ccccc1Cl. The number of hydrogen-bond acceptors (Lipinski definition) is 4. The molecule has 3 aromatic carbocycles. The Morgan fingerprint density at radius 2 is 1.68 bits per heavy atom. The highest BCUT2D eigenvalue weighted by Gasteiger charge is 2.35. The maximum absolute atomic E-state index is 12.7. The van der Waals surface area contributed by atoms with Crippen LogP contribution in [-0.2, 0) is 17.9 Å². The molecule has 0 aromatic heterocycles. The maximum Gasteiger partial charge on any atom is 0.293 e. The number of nitrogens with zero attached hydrogens (tertiary/aromatic N) is 1. The van der Waals surface area contributed by atoms with Gasteiger partial charge in [0.2, 0.25) is 0 Å². The van der Waals surface area contributed by atoms with Crippen LogP contribution in [-0.4, -0.2) is 16.0 Å². The number of amides is 2. The summed E-state index contributed by atoms with van der Waals surface area (Å²) in [5.74, 6) is 0.414. The first-order valence-corrected chi connectivity index (χ1v) is 11.4. The number of rotatable bonds is 6. The van der Waals surface area contributed by atoms with E-state index >= 15 is 0 Å². The van der Waals surface area contributed by atoms with Gasteiger partial charge in [-0.05, 0) is 64.9 Å². The van der Waals surface area contributed by atoms with Gasteiger partial charge in [-0.25, -0.2) is 0 Å². The number of carbonyl (C=O) groups is 2. The van der Waals surface area contributed by atoms with Gasteiger partial charge in [0.15, 0.2) is 0 Å². The molecular formula is C24H17BrClNO3S. The second kappa shape index (κ2) is 9.73. The van der Waals surface area contributed by atoms with Crippen molar-refractivity contribution >= 4 is 56.5 Å². The summed E-state index contributed by atoms with van der Waals surface area (Å²) in [7, 11) is 0. The number of carbonyl (C=O) groups excluding carboxylic acids is 2. The van der Waals surface area contributed by atoms with Gasteiger partial charge in [0.1, 0.15) is 12.4 Å². The molecule has 4 rings (SSSR count). The molecule has 1 aliphatic heterocycles. The molecule has 0 radical (unpaired) electrons. The second-order valence-electron chi connectivity index (χ2n) is 6.84. The van der Waals surface area contributed by atoms with Gasteiger partial charge in [-0.3, -0.25) is 14.5 Å². The largest absolute Gasteiger partial charge is 0.489 e. The van der Waals surface area contributed by atoms with E-state index in [4.69, 9.17) is 16.3 Å². The third-order valence-corrected chi connectivity index (χ3v) is 6.46. The monoisotopic (exact) mass is 513 g/mol. The van der Waals surface area contributed by atoms with E-state index < -0.39 is 0 Å². The smallest absolute Gasteiger partial charge is 0.293 e. The summed E-state index contributed by atoms with van der Waals surface area (Å²) in [5.41, 5.74) is 2.62. The molecule has 2 amide bonds. The molecule has 0 atom stereocenters. The molecule has 0 N–H and O–H groups in total. The summed E-state index contributed by atoms with van der Waals surface area (Å²) >= 11 is 10.5. The van der Waals surface area contributed by atoms with Crippen molar-refractivity contribution in [1.82, 2.24) is 4.90 Å². The number of benzene rings is 3. The molecule has 156 valence electrons. The summed E-state index contributed by atoms with van der Waals surface area (Å²) in [5, 5.41) is 0.231. The van der Waals surface area contributed by atoms with E-state index in [2.05, 4.69) is 15.9 Å². The van der Waals surface area contributed by atoms with E-state index in [0.717, 1.165) is 38.7 Å². The Morgan fingerprint density at radius 3 is 2.39 bits per heavy atom. The first-order chi connectivity index (χ1) is 15.0. The summed E-state index contributed by atoms with van der Waals surface area (Å²) in [4.78, 5) is 26.7. The Bertz CT molecular complexity index is 1150. The molecule has 0 bridgehead atoms. The number of halogens is 2. The van der Waals surface area contributed by atoms with Gasteiger partial charge in [0.25, 0.3) is 11.1 Å². The average molecular weight is 515 g/mol. The van der Waals surface area contributed by atoms with Crippen LogP contribution >= 0.6 is 39.3 Å². The molecule has 0 saturated carbocycles. The van der Waals surface area contributed by atoms with Crippen LogP contribution in [0.5, 0.6) is 5.75 Å². The summed E-state index contributed by atoms with van der Waals surface area (Å²) in [6, 6.07) is 22.5. The highest BCUT2D eigenvalue weighted by Crippen LogP contribution is 2.34. The molecule has 1 heterocycles. The van der Waals surface area contributed by atoms with Crippen molar-refractivity contribution in [2.45, 2.75) is 13.2 Å². The van der Waals surface area contributed by atoms with Gasteiger partial charge >= 0.3 is 0 Å². The van der Waals surface area contributed by atoms with E-state index in [1.165, 1.54) is 4.90 Å². The molecule has 1 fully saturated rings. The van der Waals surface area contributed by atoms with Crippen molar-refractivity contribution in [2.24, 2.45) is 0 Å². The van der Waals surface area contributed by atoms with Crippen LogP contribution < -0.4 is 4.74 Å². The predicted molar refractivity (Wildman–Crippen MR) is 128 cm³/mol. The minimum atomic E-state index is -0.314. The maximum atomic E-state index is 12.7. The lowest BCUT2D eigenvalue weighted by atomic mass is 10.2. The quantitative estimate of drug-likeness (QED) is 0.335. The van der Waals surface area contributed by atoms with Crippen LogP contribution in [0.25, 0.3) is 6.08 Å². The Labute approximate surface area is 198 Å². The van der Waals surface area contributed by atoms with Gasteiger partial charge in [-0.15, -0.1) is 0 Å². The molecule has 4 nitrogen and oxygen atoms in total. The Kier molecular flexibility index (Phi) is 6.80. The zero-order valence-corrected chi connectivity index (χ0v) is 19.4. The molecule has 0 aliphatic carbocycles. The van der Waals surface area contributed by atoms with Gasteiger partial charge < -0.3 is 4.74 Å². The topological polar surface area (TPSA) is 46.6 Å². The number of hydrogen-bond donors (Lipinski definition) is 0. The van der Waals surface area contributed by atoms with Crippen molar-refractivity contribution < 1.29 is 14.3 Å². The first kappa shape index (κ1) is 21.7. The van der Waals surface area contributed by atoms with E-state index in [1.54, 1.807) is 12.1 Å². The summed E-state index contributed by atoms with van der Waals surface area (Å²) < 4.78 is 6.83. The Balaban J connectivity index is 1.41. The van der Waals surface area contributed by atoms with Crippen LogP contribution in [0.15, 0.2) is 82.2 Å². The average Bonchev–Trinajstić information content (AvgIpc) is 3.03. The lowest BCUT2D eigenvalue weighted by molar-refractivity contribution is -0.123. The fourth-order valence-corrected chi connectivity index (χ4v) is 4.29. The molecule has 0 spiro atoms. The van der Waals surface area contributed by atoms with Crippen LogP contribution in [0.3, 0.4) is 0 Å². The standard InChI is InChI=1S/C24H17BrClNO3S/c25-19-9-5-17(6-10-19)15-30-20-11-7-16(8-12-20)13-22-23(28)27(24(29)31-22)14-18-3-1-2-4-21(18)26/h1-13H,14-15H2/b22-13-. The first-order valence-electron chi connectivity index (χ1n) is 9.46. The number of imide groups is 1. The van der Waals surface area contributed by atoms with Crippen LogP contribution in [0.2, 0.25) is 5.02 Å². The molecule has 3 aromatic rings. The minimum absolute atomic E-state index is 0.157. The van der Waals surface area contributed by atoms with Crippen LogP contribution in [0.1, 0.15) is 16.7 Å². The lowest BCUT2D eigenvalue weighted by Crippen LogP contribution is -2.27. The third-order valence-electron chi connectivity index (χ3n) is 4.66. The summed E-state index contributed by atoms with van der Waals surface area (Å²) in [6.07, 6.45) is 1.72. The third kappa shape index (κ3) is 5.39. The van der Waals surface area contributed by atoms with E-state index in [1.807, 2.05) is 66.7 Å². The predicted octanol–water partition coefficient (Wildman–Crippen LogP) is 6.92. The van der Waals surface area contributed by atoms with E-state index in [0.29, 0.717) is 16.5 Å². The fourth-order valence-electron chi connectivity index (χ4n) is 2.99. The normalized spacial score (nSPS) is 15.0. The van der Waals surface area contributed by atoms with Gasteiger partial charge in [-0.2, -0.15) is 0 Å². The molecular weight excluding hydrogens is 498 g/mol. The van der Waals surface area contributed by atoms with Crippen molar-refractivity contribution in [1.29, 1.82) is 0 Å². The van der Waals surface area contributed by atoms with Gasteiger partial charge in [0, 0.05) is 9.50 Å². The molecule has 1 aliphatic rings. The Morgan fingerprint density at radius 1 is 0.968 bits per heavy atom. The summed E-state index contributed by atoms with van der Waals surface area (Å²) in [6.45, 7) is 0.623. The minimum Gasteiger partial charge on any atom is -0.489 e. The van der Waals surface area contributed by atoms with Crippen molar-refractivity contribution in [2.75, 3.05) is 0 Å². The highest BCUT2D eigenvalue weighted by molar-refractivity contribution is 9.10. The number of ether oxygens (including phenoxy) is 1. The number of thioether (sulfide) groups is 1. The lowest BCUT2D eigenvalue weighted by Gasteiger charge is -2.13. The van der Waals surface area contributed by atoms with E-state index in [9.17, 15) is 9.59 Å². The van der Waals surface area contributed by atoms with Gasteiger partial charge in [-0.1, -0.05) is 70.0 Å². The molecule has 31 heavy (non-hydrogen) atoms. The molecule has 7 heteroatoms. The zero-order chi connectivity index (χ0) is 21.8. The highest BCUT2D eigenvalue weighted by atomic mass is 79.9. The molecule has 0 unspecified atom stereocenters. The van der Waals surface area contributed by atoms with Crippen LogP contribution in [0, 0.1) is 0 Å². The van der Waals surface area contributed by atoms with Gasteiger partial charge in [0.05, 0.1) is 11.4 Å². The van der Waals surface area contributed by atoms with Crippen LogP contribution in [0.4, 0.5) is 4.79 Å². The molecule has 1 saturated heterocycles. The fraction of sp³-hybridized carbons (Fsp3) is 0.0833. The van der Waals surface area contributed by atoms with Crippen molar-refractivity contribution in [3.8, 4) is 5.75 Å². The Hall–Kier alpha value is -2.54.